The van der Waals surface area contributed by atoms with Gasteiger partial charge in [-0.15, -0.1) is 0 Å². The van der Waals surface area contributed by atoms with E-state index >= 15 is 0 Å². The lowest BCUT2D eigenvalue weighted by atomic mass is 10.1. The van der Waals surface area contributed by atoms with E-state index in [1.807, 2.05) is 0 Å². The van der Waals surface area contributed by atoms with Gasteiger partial charge in [-0.1, -0.05) is 6.08 Å². The maximum absolute atomic E-state index is 12.6. The standard InChI is InChI=1S/C21H26N4O7/c1-31-14-5-3-13(4-6-14)19(28)23-9-12-2-7-15(22)20(29)25(10-12)11-17(26)24-16-8-18(27)32-21(16)30/h2-6,15-16,21,30H,7-11,22H2,1H3,(H,23,28)(H,24,26). The molecule has 0 spiro atoms. The summed E-state index contributed by atoms with van der Waals surface area (Å²) >= 11 is 0. The van der Waals surface area contributed by atoms with Crippen LogP contribution in [-0.4, -0.2) is 78.8 Å². The number of hydrogen-bond donors (Lipinski definition) is 4. The maximum atomic E-state index is 12.6. The third kappa shape index (κ3) is 5.83. The fourth-order valence-corrected chi connectivity index (χ4v) is 3.41. The average molecular weight is 446 g/mol. The van der Waals surface area contributed by atoms with Gasteiger partial charge in [0.2, 0.25) is 18.1 Å². The molecule has 3 atom stereocenters. The zero-order valence-corrected chi connectivity index (χ0v) is 17.6. The van der Waals surface area contributed by atoms with Crippen LogP contribution in [0.2, 0.25) is 0 Å². The van der Waals surface area contributed by atoms with E-state index in [1.54, 1.807) is 30.3 Å². The Labute approximate surface area is 184 Å². The quantitative estimate of drug-likeness (QED) is 0.296. The van der Waals surface area contributed by atoms with Crippen LogP contribution in [0.1, 0.15) is 23.2 Å². The Hall–Kier alpha value is -3.44. The first-order valence-corrected chi connectivity index (χ1v) is 10.1. The van der Waals surface area contributed by atoms with Crippen LogP contribution in [0, 0.1) is 0 Å². The fraction of sp³-hybridized carbons (Fsp3) is 0.429. The summed E-state index contributed by atoms with van der Waals surface area (Å²) < 4.78 is 9.66. The van der Waals surface area contributed by atoms with Crippen LogP contribution in [0.4, 0.5) is 0 Å². The molecule has 0 bridgehead atoms. The highest BCUT2D eigenvalue weighted by Gasteiger charge is 2.35. The van der Waals surface area contributed by atoms with Crippen molar-refractivity contribution in [1.29, 1.82) is 0 Å². The number of ether oxygens (including phenoxy) is 2. The molecule has 2 aliphatic rings. The molecule has 3 unspecified atom stereocenters. The summed E-state index contributed by atoms with van der Waals surface area (Å²) in [5, 5.41) is 14.9. The number of carbonyl (C=O) groups is 4. The first kappa shape index (κ1) is 23.2. The number of amides is 3. The lowest BCUT2D eigenvalue weighted by molar-refractivity contribution is -0.155. The van der Waals surface area contributed by atoms with E-state index < -0.39 is 36.2 Å². The number of esters is 1. The Morgan fingerprint density at radius 1 is 1.28 bits per heavy atom. The van der Waals surface area contributed by atoms with Crippen molar-refractivity contribution >= 4 is 23.7 Å². The summed E-state index contributed by atoms with van der Waals surface area (Å²) in [7, 11) is 1.54. The summed E-state index contributed by atoms with van der Waals surface area (Å²) in [6.45, 7) is -0.0358. The number of nitrogens with one attached hydrogen (secondary N) is 2. The first-order valence-electron chi connectivity index (χ1n) is 10.1. The van der Waals surface area contributed by atoms with Crippen LogP contribution in [0.15, 0.2) is 35.9 Å². The second-order valence-electron chi connectivity index (χ2n) is 7.57. The number of nitrogens with zero attached hydrogens (tertiary/aromatic N) is 1. The molecular formula is C21H26N4O7. The molecule has 1 aromatic rings. The maximum Gasteiger partial charge on any atom is 0.310 e. The SMILES string of the molecule is COc1ccc(C(=O)NCC2=CCC(N)C(=O)N(CC(=O)NC3CC(=O)OC3O)C2)cc1. The zero-order chi connectivity index (χ0) is 23.3. The zero-order valence-electron chi connectivity index (χ0n) is 17.6. The normalized spacial score (nSPS) is 23.2. The molecule has 2 aliphatic heterocycles. The van der Waals surface area contributed by atoms with Crippen molar-refractivity contribution in [3.05, 3.63) is 41.5 Å². The predicted octanol–water partition coefficient (Wildman–Crippen LogP) is -1.34. The molecule has 0 aromatic heterocycles. The fourth-order valence-electron chi connectivity index (χ4n) is 3.41. The van der Waals surface area contributed by atoms with Gasteiger partial charge in [0, 0.05) is 18.7 Å². The van der Waals surface area contributed by atoms with Crippen LogP contribution >= 0.6 is 0 Å². The van der Waals surface area contributed by atoms with E-state index in [0.717, 1.165) is 5.57 Å². The van der Waals surface area contributed by atoms with Crippen LogP contribution in [0.5, 0.6) is 5.75 Å². The summed E-state index contributed by atoms with van der Waals surface area (Å²) in [5.41, 5.74) is 7.09. The van der Waals surface area contributed by atoms with Gasteiger partial charge in [-0.2, -0.15) is 0 Å². The van der Waals surface area contributed by atoms with Crippen LogP contribution in [-0.2, 0) is 19.1 Å². The third-order valence-corrected chi connectivity index (χ3v) is 5.18. The Bertz CT molecular complexity index is 915. The molecule has 0 aliphatic carbocycles. The van der Waals surface area contributed by atoms with Gasteiger partial charge in [0.15, 0.2) is 0 Å². The van der Waals surface area contributed by atoms with Crippen molar-refractivity contribution in [3.8, 4) is 5.75 Å². The highest BCUT2D eigenvalue weighted by Crippen LogP contribution is 2.15. The van der Waals surface area contributed by atoms with Gasteiger partial charge in [-0.25, -0.2) is 0 Å². The lowest BCUT2D eigenvalue weighted by Crippen LogP contribution is -2.50. The Morgan fingerprint density at radius 2 is 2.00 bits per heavy atom. The number of rotatable bonds is 7. The molecule has 5 N–H and O–H groups in total. The Morgan fingerprint density at radius 3 is 2.62 bits per heavy atom. The summed E-state index contributed by atoms with van der Waals surface area (Å²) in [5.74, 6) is -1.25. The van der Waals surface area contributed by atoms with Gasteiger partial charge in [0.1, 0.15) is 11.8 Å². The van der Waals surface area contributed by atoms with Crippen molar-refractivity contribution in [2.24, 2.45) is 5.73 Å². The van der Waals surface area contributed by atoms with Crippen molar-refractivity contribution in [1.82, 2.24) is 15.5 Å². The van der Waals surface area contributed by atoms with Gasteiger partial charge in [0.25, 0.3) is 5.91 Å². The molecule has 11 nitrogen and oxygen atoms in total. The molecule has 3 amide bonds. The van der Waals surface area contributed by atoms with Gasteiger partial charge in [-0.3, -0.25) is 19.2 Å². The lowest BCUT2D eigenvalue weighted by Gasteiger charge is -2.24. The topological polar surface area (TPSA) is 160 Å². The van der Waals surface area contributed by atoms with Gasteiger partial charge >= 0.3 is 5.97 Å². The summed E-state index contributed by atoms with van der Waals surface area (Å²) in [6.07, 6.45) is 0.483. The molecule has 2 heterocycles. The van der Waals surface area contributed by atoms with E-state index in [9.17, 15) is 24.3 Å². The minimum Gasteiger partial charge on any atom is -0.497 e. The van der Waals surface area contributed by atoms with Crippen LogP contribution < -0.4 is 21.1 Å². The van der Waals surface area contributed by atoms with E-state index in [0.29, 0.717) is 11.3 Å². The highest BCUT2D eigenvalue weighted by atomic mass is 16.6. The second kappa shape index (κ2) is 10.2. The van der Waals surface area contributed by atoms with E-state index in [4.69, 9.17) is 10.5 Å². The first-order chi connectivity index (χ1) is 15.3. The van der Waals surface area contributed by atoms with Crippen molar-refractivity contribution < 1.29 is 33.8 Å². The summed E-state index contributed by atoms with van der Waals surface area (Å²) in [4.78, 5) is 49.8. The highest BCUT2D eigenvalue weighted by molar-refractivity contribution is 5.94. The molecule has 32 heavy (non-hydrogen) atoms. The van der Waals surface area contributed by atoms with Crippen LogP contribution in [0.3, 0.4) is 0 Å². The molecular weight excluding hydrogens is 420 g/mol. The largest absolute Gasteiger partial charge is 0.497 e. The van der Waals surface area contributed by atoms with E-state index in [1.165, 1.54) is 12.0 Å². The number of aliphatic hydroxyl groups is 1. The minimum atomic E-state index is -1.42. The number of cyclic esters (lactones) is 1. The smallest absolute Gasteiger partial charge is 0.310 e. The van der Waals surface area contributed by atoms with E-state index in [2.05, 4.69) is 15.4 Å². The van der Waals surface area contributed by atoms with Crippen molar-refractivity contribution in [3.63, 3.8) is 0 Å². The molecule has 11 heteroatoms. The number of aliphatic hydroxyl groups excluding tert-OH is 1. The van der Waals surface area contributed by atoms with Crippen molar-refractivity contribution in [2.45, 2.75) is 31.2 Å². The number of nitrogens with two attached hydrogens (primary N) is 1. The Kier molecular flexibility index (Phi) is 7.44. The van der Waals surface area contributed by atoms with Crippen LogP contribution in [0.25, 0.3) is 0 Å². The average Bonchev–Trinajstić information content (AvgIpc) is 3.02. The molecule has 1 fully saturated rings. The second-order valence-corrected chi connectivity index (χ2v) is 7.57. The number of hydrogen-bond acceptors (Lipinski definition) is 8. The summed E-state index contributed by atoms with van der Waals surface area (Å²) in [6, 6.07) is 4.94. The third-order valence-electron chi connectivity index (χ3n) is 5.18. The number of carbonyl (C=O) groups excluding carboxylic acids is 4. The van der Waals surface area contributed by atoms with Gasteiger partial charge in [0.05, 0.1) is 26.1 Å². The molecule has 0 saturated carbocycles. The Balaban J connectivity index is 1.57. The predicted molar refractivity (Wildman–Crippen MR) is 111 cm³/mol. The molecule has 1 saturated heterocycles. The number of methoxy groups -OCH3 is 1. The van der Waals surface area contributed by atoms with E-state index in [-0.39, 0.29) is 38.4 Å². The number of benzene rings is 1. The monoisotopic (exact) mass is 446 g/mol. The van der Waals surface area contributed by atoms with Gasteiger partial charge in [-0.05, 0) is 36.3 Å². The molecule has 3 rings (SSSR count). The molecule has 172 valence electrons. The van der Waals surface area contributed by atoms with Gasteiger partial charge < -0.3 is 35.8 Å². The van der Waals surface area contributed by atoms with Crippen molar-refractivity contribution in [2.75, 3.05) is 26.7 Å². The minimum absolute atomic E-state index is 0.103. The molecule has 1 aromatic carbocycles. The molecule has 0 radical (unpaired) electrons.